The summed E-state index contributed by atoms with van der Waals surface area (Å²) in [5.41, 5.74) is 1.88. The average Bonchev–Trinajstić information content (AvgIpc) is 2.63. The number of rotatable bonds is 5. The van der Waals surface area contributed by atoms with E-state index in [9.17, 15) is 4.79 Å². The molecular weight excluding hydrogens is 376 g/mol. The molecule has 1 aliphatic rings. The Morgan fingerprint density at radius 3 is 2.43 bits per heavy atom. The van der Waals surface area contributed by atoms with Crippen LogP contribution >= 0.6 is 12.2 Å². The lowest BCUT2D eigenvalue weighted by Crippen LogP contribution is -2.53. The summed E-state index contributed by atoms with van der Waals surface area (Å²) in [5.74, 6) is 1.35. The van der Waals surface area contributed by atoms with Gasteiger partial charge in [0.2, 0.25) is 0 Å². The number of hydrogen-bond acceptors (Lipinski definition) is 4. The lowest BCUT2D eigenvalue weighted by atomic mass is 9.91. The van der Waals surface area contributed by atoms with Gasteiger partial charge in [-0.15, -0.1) is 0 Å². The van der Waals surface area contributed by atoms with Crippen molar-refractivity contribution in [3.05, 3.63) is 23.3 Å². The molecule has 0 saturated carbocycles. The van der Waals surface area contributed by atoms with Crippen molar-refractivity contribution in [2.24, 2.45) is 0 Å². The second-order valence-electron chi connectivity index (χ2n) is 7.79. The van der Waals surface area contributed by atoms with E-state index in [4.69, 9.17) is 21.7 Å². The monoisotopic (exact) mass is 408 g/mol. The number of ether oxygens (including phenoxy) is 2. The number of nitrogens with zero attached hydrogens (tertiary/aromatic N) is 1. The van der Waals surface area contributed by atoms with Gasteiger partial charge in [-0.25, -0.2) is 4.79 Å². The van der Waals surface area contributed by atoms with Gasteiger partial charge in [-0.2, -0.15) is 0 Å². The van der Waals surface area contributed by atoms with Crippen LogP contribution < -0.4 is 25.4 Å². The standard InChI is InChI=1S/C20H32N4O3S/c1-7-21-18(28)22-12-15-14-11-17(27-6)16(26-5)10-13(14)8-9-24(15)19(25)23-20(2,3)4/h10-11,15H,7-9,12H2,1-6H3,(H,23,25)(H2,21,22,28)/t15-/m1/s1. The minimum atomic E-state index is -0.313. The summed E-state index contributed by atoms with van der Waals surface area (Å²) in [5, 5.41) is 9.97. The van der Waals surface area contributed by atoms with E-state index in [0.717, 1.165) is 24.1 Å². The van der Waals surface area contributed by atoms with Gasteiger partial charge in [0.25, 0.3) is 0 Å². The molecule has 1 aromatic carbocycles. The van der Waals surface area contributed by atoms with Gasteiger partial charge in [0, 0.05) is 25.2 Å². The molecule has 0 aromatic heterocycles. The van der Waals surface area contributed by atoms with Gasteiger partial charge in [0.1, 0.15) is 0 Å². The van der Waals surface area contributed by atoms with E-state index >= 15 is 0 Å². The molecule has 8 heteroatoms. The molecule has 0 bridgehead atoms. The molecule has 0 spiro atoms. The Morgan fingerprint density at radius 1 is 1.21 bits per heavy atom. The molecule has 0 saturated heterocycles. The lowest BCUT2D eigenvalue weighted by Gasteiger charge is -2.39. The van der Waals surface area contributed by atoms with E-state index in [-0.39, 0.29) is 17.6 Å². The molecule has 0 fully saturated rings. The molecule has 1 atom stereocenters. The average molecular weight is 409 g/mol. The number of methoxy groups -OCH3 is 2. The molecular formula is C20H32N4O3S. The number of urea groups is 1. The normalized spacial score (nSPS) is 16.1. The van der Waals surface area contributed by atoms with Crippen molar-refractivity contribution in [3.8, 4) is 11.5 Å². The maximum Gasteiger partial charge on any atom is 0.318 e. The van der Waals surface area contributed by atoms with Gasteiger partial charge < -0.3 is 30.3 Å². The second kappa shape index (κ2) is 9.32. The van der Waals surface area contributed by atoms with Crippen LogP contribution in [0.5, 0.6) is 11.5 Å². The Bertz CT molecular complexity index is 718. The minimum absolute atomic E-state index is 0.0888. The fourth-order valence-corrected chi connectivity index (χ4v) is 3.52. The van der Waals surface area contributed by atoms with Crippen molar-refractivity contribution >= 4 is 23.4 Å². The third-order valence-electron chi connectivity index (χ3n) is 4.54. The van der Waals surface area contributed by atoms with Gasteiger partial charge in [-0.3, -0.25) is 0 Å². The fourth-order valence-electron chi connectivity index (χ4n) is 3.30. The topological polar surface area (TPSA) is 74.9 Å². The van der Waals surface area contributed by atoms with Gasteiger partial charge in [-0.05, 0) is 69.6 Å². The summed E-state index contributed by atoms with van der Waals surface area (Å²) >= 11 is 5.31. The van der Waals surface area contributed by atoms with E-state index in [1.165, 1.54) is 0 Å². The van der Waals surface area contributed by atoms with Crippen molar-refractivity contribution in [2.75, 3.05) is 33.9 Å². The summed E-state index contributed by atoms with van der Waals surface area (Å²) in [7, 11) is 3.24. The van der Waals surface area contributed by atoms with Crippen molar-refractivity contribution in [1.82, 2.24) is 20.9 Å². The number of carbonyl (C=O) groups is 1. The van der Waals surface area contributed by atoms with Gasteiger partial charge in [0.05, 0.1) is 20.3 Å². The lowest BCUT2D eigenvalue weighted by molar-refractivity contribution is 0.161. The first kappa shape index (κ1) is 22.1. The number of carbonyl (C=O) groups excluding carboxylic acids is 1. The Hall–Kier alpha value is -2.22. The third-order valence-corrected chi connectivity index (χ3v) is 4.83. The van der Waals surface area contributed by atoms with Crippen LogP contribution in [0.2, 0.25) is 0 Å². The maximum absolute atomic E-state index is 13.0. The predicted octanol–water partition coefficient (Wildman–Crippen LogP) is 2.60. The first-order valence-corrected chi connectivity index (χ1v) is 9.96. The molecule has 0 aliphatic carbocycles. The Labute approximate surface area is 173 Å². The number of thiocarbonyl (C=S) groups is 1. The SMILES string of the molecule is CCNC(=S)NC[C@@H]1c2cc(OC)c(OC)cc2CCN1C(=O)NC(C)(C)C. The molecule has 3 N–H and O–H groups in total. The highest BCUT2D eigenvalue weighted by molar-refractivity contribution is 7.80. The number of nitrogens with one attached hydrogen (secondary N) is 3. The van der Waals surface area contributed by atoms with E-state index in [1.807, 2.05) is 44.7 Å². The number of amides is 2. The van der Waals surface area contributed by atoms with Crippen molar-refractivity contribution in [2.45, 2.75) is 45.7 Å². The Morgan fingerprint density at radius 2 is 1.86 bits per heavy atom. The smallest absolute Gasteiger partial charge is 0.318 e. The van der Waals surface area contributed by atoms with Crippen LogP contribution in [0, 0.1) is 0 Å². The van der Waals surface area contributed by atoms with E-state index in [1.54, 1.807) is 14.2 Å². The molecule has 1 aromatic rings. The molecule has 7 nitrogen and oxygen atoms in total. The number of benzene rings is 1. The van der Waals surface area contributed by atoms with Gasteiger partial charge in [0.15, 0.2) is 16.6 Å². The number of hydrogen-bond donors (Lipinski definition) is 3. The Kier molecular flexibility index (Phi) is 7.35. The predicted molar refractivity (Wildman–Crippen MR) is 115 cm³/mol. The molecule has 0 radical (unpaired) electrons. The largest absolute Gasteiger partial charge is 0.493 e. The molecule has 2 rings (SSSR count). The van der Waals surface area contributed by atoms with Crippen LogP contribution in [0.4, 0.5) is 4.79 Å². The highest BCUT2D eigenvalue weighted by Gasteiger charge is 2.33. The van der Waals surface area contributed by atoms with Crippen LogP contribution in [0.3, 0.4) is 0 Å². The number of fused-ring (bicyclic) bond motifs is 1. The maximum atomic E-state index is 13.0. The first-order valence-electron chi connectivity index (χ1n) is 9.55. The van der Waals surface area contributed by atoms with Crippen LogP contribution in [-0.2, 0) is 6.42 Å². The van der Waals surface area contributed by atoms with Crippen LogP contribution in [0.1, 0.15) is 44.9 Å². The first-order chi connectivity index (χ1) is 13.2. The molecule has 1 aliphatic heterocycles. The van der Waals surface area contributed by atoms with Crippen molar-refractivity contribution < 1.29 is 14.3 Å². The summed E-state index contributed by atoms with van der Waals surface area (Å²) in [6, 6.07) is 3.70. The highest BCUT2D eigenvalue weighted by atomic mass is 32.1. The van der Waals surface area contributed by atoms with Gasteiger partial charge >= 0.3 is 6.03 Å². The molecule has 1 heterocycles. The summed E-state index contributed by atoms with van der Waals surface area (Å²) in [6.07, 6.45) is 0.751. The zero-order chi connectivity index (χ0) is 20.9. The molecule has 156 valence electrons. The molecule has 0 unspecified atom stereocenters. The van der Waals surface area contributed by atoms with Crippen LogP contribution in [-0.4, -0.2) is 55.4 Å². The Balaban J connectivity index is 2.37. The van der Waals surface area contributed by atoms with E-state index in [2.05, 4.69) is 16.0 Å². The zero-order valence-electron chi connectivity index (χ0n) is 17.6. The van der Waals surface area contributed by atoms with E-state index < -0.39 is 0 Å². The van der Waals surface area contributed by atoms with Crippen molar-refractivity contribution in [3.63, 3.8) is 0 Å². The summed E-state index contributed by atoms with van der Waals surface area (Å²) in [6.45, 7) is 9.78. The van der Waals surface area contributed by atoms with Crippen LogP contribution in [0.25, 0.3) is 0 Å². The third kappa shape index (κ3) is 5.41. The van der Waals surface area contributed by atoms with Crippen molar-refractivity contribution in [1.29, 1.82) is 0 Å². The second-order valence-corrected chi connectivity index (χ2v) is 8.19. The summed E-state index contributed by atoms with van der Waals surface area (Å²) in [4.78, 5) is 14.8. The summed E-state index contributed by atoms with van der Waals surface area (Å²) < 4.78 is 10.9. The molecule has 28 heavy (non-hydrogen) atoms. The highest BCUT2D eigenvalue weighted by Crippen LogP contribution is 2.38. The fraction of sp³-hybridized carbons (Fsp3) is 0.600. The van der Waals surface area contributed by atoms with Crippen LogP contribution in [0.15, 0.2) is 12.1 Å². The zero-order valence-corrected chi connectivity index (χ0v) is 18.5. The van der Waals surface area contributed by atoms with Gasteiger partial charge in [-0.1, -0.05) is 0 Å². The minimum Gasteiger partial charge on any atom is -0.493 e. The van der Waals surface area contributed by atoms with E-state index in [0.29, 0.717) is 29.7 Å². The molecule has 2 amide bonds. The quantitative estimate of drug-likeness (QED) is 0.651.